The van der Waals surface area contributed by atoms with Crippen LogP contribution in [-0.4, -0.2) is 0 Å². The average Bonchev–Trinajstić information content (AvgIpc) is 2.15. The van der Waals surface area contributed by atoms with E-state index in [0.29, 0.717) is 11.8 Å². The summed E-state index contributed by atoms with van der Waals surface area (Å²) in [5.41, 5.74) is 0. The third-order valence-corrected chi connectivity index (χ3v) is 3.28. The van der Waals surface area contributed by atoms with Crippen molar-refractivity contribution in [3.8, 4) is 6.07 Å². The third-order valence-electron chi connectivity index (χ3n) is 3.28. The number of hydrogen-bond donors (Lipinski definition) is 0. The second kappa shape index (κ2) is 5.27. The predicted octanol–water partition coefficient (Wildman–Crippen LogP) is 3.75. The molecule has 0 N–H and O–H groups in total. The summed E-state index contributed by atoms with van der Waals surface area (Å²) >= 11 is 0. The fourth-order valence-electron chi connectivity index (χ4n) is 2.26. The van der Waals surface area contributed by atoms with Crippen LogP contribution in [0.4, 0.5) is 0 Å². The Bertz CT molecular complexity index is 172. The molecule has 13 heavy (non-hydrogen) atoms. The zero-order chi connectivity index (χ0) is 9.68. The van der Waals surface area contributed by atoms with Crippen molar-refractivity contribution in [2.45, 2.75) is 52.4 Å². The maximum atomic E-state index is 8.98. The van der Waals surface area contributed by atoms with Crippen molar-refractivity contribution in [3.05, 3.63) is 0 Å². The molecule has 0 aromatic carbocycles. The predicted molar refractivity (Wildman–Crippen MR) is 55.1 cm³/mol. The SMILES string of the molecule is CC(C)C(C#N)CC1CCCCC1. The summed E-state index contributed by atoms with van der Waals surface area (Å²) in [4.78, 5) is 0. The molecule has 0 heterocycles. The van der Waals surface area contributed by atoms with E-state index < -0.39 is 0 Å². The molecule has 0 bridgehead atoms. The molecule has 1 unspecified atom stereocenters. The van der Waals surface area contributed by atoms with E-state index in [1.807, 2.05) is 0 Å². The van der Waals surface area contributed by atoms with E-state index in [-0.39, 0.29) is 0 Å². The standard InChI is InChI=1S/C12H21N/c1-10(2)12(9-13)8-11-6-4-3-5-7-11/h10-12H,3-8H2,1-2H3. The van der Waals surface area contributed by atoms with Gasteiger partial charge in [-0.3, -0.25) is 0 Å². The van der Waals surface area contributed by atoms with Crippen LogP contribution in [0.2, 0.25) is 0 Å². The number of hydrogen-bond acceptors (Lipinski definition) is 1. The van der Waals surface area contributed by atoms with E-state index in [0.717, 1.165) is 12.3 Å². The second-order valence-corrected chi connectivity index (χ2v) is 4.72. The minimum Gasteiger partial charge on any atom is -0.198 e. The van der Waals surface area contributed by atoms with Crippen LogP contribution in [-0.2, 0) is 0 Å². The average molecular weight is 179 g/mol. The van der Waals surface area contributed by atoms with E-state index in [4.69, 9.17) is 5.26 Å². The van der Waals surface area contributed by atoms with Gasteiger partial charge in [-0.2, -0.15) is 5.26 Å². The molecule has 1 fully saturated rings. The normalized spacial score (nSPS) is 21.4. The van der Waals surface area contributed by atoms with Gasteiger partial charge in [-0.05, 0) is 18.3 Å². The van der Waals surface area contributed by atoms with Gasteiger partial charge in [0.05, 0.1) is 6.07 Å². The molecule has 0 aliphatic heterocycles. The molecule has 1 aliphatic carbocycles. The van der Waals surface area contributed by atoms with Crippen molar-refractivity contribution < 1.29 is 0 Å². The summed E-state index contributed by atoms with van der Waals surface area (Å²) in [7, 11) is 0. The lowest BCUT2D eigenvalue weighted by atomic mass is 9.80. The Morgan fingerprint density at radius 2 is 1.85 bits per heavy atom. The van der Waals surface area contributed by atoms with Gasteiger partial charge in [-0.1, -0.05) is 46.0 Å². The largest absolute Gasteiger partial charge is 0.198 e. The topological polar surface area (TPSA) is 23.8 Å². The van der Waals surface area contributed by atoms with Gasteiger partial charge in [0.15, 0.2) is 0 Å². The Hall–Kier alpha value is -0.510. The van der Waals surface area contributed by atoms with Gasteiger partial charge in [-0.25, -0.2) is 0 Å². The first-order valence-electron chi connectivity index (χ1n) is 5.63. The Morgan fingerprint density at radius 1 is 1.23 bits per heavy atom. The van der Waals surface area contributed by atoms with Crippen LogP contribution in [0, 0.1) is 29.1 Å². The van der Waals surface area contributed by atoms with Gasteiger partial charge in [-0.15, -0.1) is 0 Å². The summed E-state index contributed by atoms with van der Waals surface area (Å²) in [5.74, 6) is 1.68. The molecule has 1 rings (SSSR count). The van der Waals surface area contributed by atoms with Crippen LogP contribution < -0.4 is 0 Å². The summed E-state index contributed by atoms with van der Waals surface area (Å²) in [6, 6.07) is 2.45. The highest BCUT2D eigenvalue weighted by atomic mass is 14.3. The number of nitrogens with zero attached hydrogens (tertiary/aromatic N) is 1. The highest BCUT2D eigenvalue weighted by molar-refractivity contribution is 4.87. The van der Waals surface area contributed by atoms with E-state index in [9.17, 15) is 0 Å². The van der Waals surface area contributed by atoms with Crippen LogP contribution in [0.25, 0.3) is 0 Å². The molecule has 0 spiro atoms. The van der Waals surface area contributed by atoms with Crippen LogP contribution in [0.15, 0.2) is 0 Å². The molecule has 0 amide bonds. The van der Waals surface area contributed by atoms with Gasteiger partial charge in [0, 0.05) is 5.92 Å². The molecule has 74 valence electrons. The first-order chi connectivity index (χ1) is 6.24. The Balaban J connectivity index is 2.32. The van der Waals surface area contributed by atoms with Gasteiger partial charge < -0.3 is 0 Å². The zero-order valence-corrected chi connectivity index (χ0v) is 8.92. The van der Waals surface area contributed by atoms with Crippen molar-refractivity contribution in [2.75, 3.05) is 0 Å². The Labute approximate surface area is 82.1 Å². The highest BCUT2D eigenvalue weighted by Gasteiger charge is 2.20. The Morgan fingerprint density at radius 3 is 2.31 bits per heavy atom. The summed E-state index contributed by atoms with van der Waals surface area (Å²) in [5, 5.41) is 8.98. The van der Waals surface area contributed by atoms with Crippen molar-refractivity contribution in [3.63, 3.8) is 0 Å². The molecule has 1 heteroatoms. The molecule has 0 radical (unpaired) electrons. The Kier molecular flexibility index (Phi) is 4.28. The first kappa shape index (κ1) is 10.6. The summed E-state index contributed by atoms with van der Waals surface area (Å²) in [6.07, 6.45) is 8.07. The van der Waals surface area contributed by atoms with Crippen molar-refractivity contribution in [2.24, 2.45) is 17.8 Å². The fraction of sp³-hybridized carbons (Fsp3) is 0.917. The van der Waals surface area contributed by atoms with Gasteiger partial charge in [0.25, 0.3) is 0 Å². The van der Waals surface area contributed by atoms with Gasteiger partial charge in [0.1, 0.15) is 0 Å². The minimum atomic E-state index is 0.295. The molecular formula is C12H21N. The van der Waals surface area contributed by atoms with E-state index in [1.54, 1.807) is 0 Å². The van der Waals surface area contributed by atoms with E-state index in [1.165, 1.54) is 32.1 Å². The fourth-order valence-corrected chi connectivity index (χ4v) is 2.26. The lowest BCUT2D eigenvalue weighted by Crippen LogP contribution is -2.15. The van der Waals surface area contributed by atoms with Crippen LogP contribution in [0.1, 0.15) is 52.4 Å². The third kappa shape index (κ3) is 3.38. The van der Waals surface area contributed by atoms with E-state index in [2.05, 4.69) is 19.9 Å². The molecule has 0 aromatic rings. The number of nitriles is 1. The van der Waals surface area contributed by atoms with Gasteiger partial charge in [0.2, 0.25) is 0 Å². The molecule has 0 saturated heterocycles. The summed E-state index contributed by atoms with van der Waals surface area (Å²) < 4.78 is 0. The maximum absolute atomic E-state index is 8.98. The molecular weight excluding hydrogens is 158 g/mol. The van der Waals surface area contributed by atoms with Crippen LogP contribution in [0.5, 0.6) is 0 Å². The monoisotopic (exact) mass is 179 g/mol. The van der Waals surface area contributed by atoms with Gasteiger partial charge >= 0.3 is 0 Å². The van der Waals surface area contributed by atoms with Crippen LogP contribution >= 0.6 is 0 Å². The highest BCUT2D eigenvalue weighted by Crippen LogP contribution is 2.31. The molecule has 0 aromatic heterocycles. The lowest BCUT2D eigenvalue weighted by molar-refractivity contribution is 0.283. The van der Waals surface area contributed by atoms with Crippen molar-refractivity contribution in [1.82, 2.24) is 0 Å². The summed E-state index contributed by atoms with van der Waals surface area (Å²) in [6.45, 7) is 4.33. The molecule has 1 nitrogen and oxygen atoms in total. The molecule has 1 atom stereocenters. The smallest absolute Gasteiger partial charge is 0.0658 e. The van der Waals surface area contributed by atoms with Crippen molar-refractivity contribution >= 4 is 0 Å². The van der Waals surface area contributed by atoms with E-state index >= 15 is 0 Å². The molecule has 1 aliphatic rings. The minimum absolute atomic E-state index is 0.295. The number of rotatable bonds is 3. The zero-order valence-electron chi connectivity index (χ0n) is 8.92. The van der Waals surface area contributed by atoms with Crippen molar-refractivity contribution in [1.29, 1.82) is 5.26 Å². The maximum Gasteiger partial charge on any atom is 0.0658 e. The molecule has 1 saturated carbocycles. The second-order valence-electron chi connectivity index (χ2n) is 4.72. The van der Waals surface area contributed by atoms with Crippen LogP contribution in [0.3, 0.4) is 0 Å². The lowest BCUT2D eigenvalue weighted by Gasteiger charge is -2.24. The first-order valence-corrected chi connectivity index (χ1v) is 5.63. The quantitative estimate of drug-likeness (QED) is 0.647.